The van der Waals surface area contributed by atoms with Crippen LogP contribution in [0.4, 0.5) is 11.4 Å². The first-order valence-corrected chi connectivity index (χ1v) is 13.9. The van der Waals surface area contributed by atoms with Crippen LogP contribution in [0.3, 0.4) is 0 Å². The molecule has 13 heteroatoms. The average molecular weight is 625 g/mol. The molecule has 0 saturated heterocycles. The van der Waals surface area contributed by atoms with E-state index in [9.17, 15) is 34.2 Å². The Morgan fingerprint density at radius 3 is 2.16 bits per heavy atom. The maximum absolute atomic E-state index is 14.1. The molecule has 1 aliphatic rings. The minimum atomic E-state index is -1.34. The van der Waals surface area contributed by atoms with Crippen LogP contribution in [-0.2, 0) is 16.4 Å². The largest absolute Gasteiger partial charge is 0.478 e. The molecule has 1 heterocycles. The van der Waals surface area contributed by atoms with Crippen molar-refractivity contribution < 1.29 is 44.0 Å². The highest BCUT2D eigenvalue weighted by Gasteiger charge is 2.34. The van der Waals surface area contributed by atoms with Crippen molar-refractivity contribution in [1.82, 2.24) is 4.57 Å². The van der Waals surface area contributed by atoms with E-state index in [1.807, 2.05) is 0 Å². The number of aromatic nitrogens is 1. The van der Waals surface area contributed by atoms with Gasteiger partial charge in [-0.1, -0.05) is 41.4 Å². The highest BCUT2D eigenvalue weighted by molar-refractivity contribution is 7.94. The van der Waals surface area contributed by atoms with Crippen molar-refractivity contribution >= 4 is 57.8 Å². The van der Waals surface area contributed by atoms with E-state index >= 15 is 0 Å². The molecule has 0 unspecified atom stereocenters. The lowest BCUT2D eigenvalue weighted by Crippen LogP contribution is -2.29. The van der Waals surface area contributed by atoms with Gasteiger partial charge in [0.2, 0.25) is 0 Å². The Kier molecular flexibility index (Phi) is 7.52. The molecule has 1 aromatic heterocycles. The van der Waals surface area contributed by atoms with Gasteiger partial charge in [-0.3, -0.25) is 14.4 Å². The van der Waals surface area contributed by atoms with Crippen LogP contribution in [-0.4, -0.2) is 43.5 Å². The van der Waals surface area contributed by atoms with Gasteiger partial charge in [-0.2, -0.15) is 0 Å². The summed E-state index contributed by atoms with van der Waals surface area (Å²) in [6.45, 7) is 0. The highest BCUT2D eigenvalue weighted by Crippen LogP contribution is 2.44. The second kappa shape index (κ2) is 11.5. The van der Waals surface area contributed by atoms with Gasteiger partial charge in [0.25, 0.3) is 5.56 Å². The van der Waals surface area contributed by atoms with Gasteiger partial charge < -0.3 is 20.1 Å². The van der Waals surface area contributed by atoms with Crippen LogP contribution < -0.4 is 10.9 Å². The third kappa shape index (κ3) is 5.05. The van der Waals surface area contributed by atoms with E-state index in [4.69, 9.17) is 5.26 Å². The van der Waals surface area contributed by atoms with Gasteiger partial charge in [0, 0.05) is 39.7 Å². The number of nitrogens with one attached hydrogen (secondary N) is 1. The molecule has 0 fully saturated rings. The number of nitrogens with zero attached hydrogens (tertiary/aromatic N) is 1. The monoisotopic (exact) mass is 624 g/mol. The molecule has 4 aromatic carbocycles. The normalized spacial score (nSPS) is 11.7. The minimum absolute atomic E-state index is 0.0978. The molecule has 6 rings (SSSR count). The summed E-state index contributed by atoms with van der Waals surface area (Å²) in [6.07, 6.45) is 0. The highest BCUT2D eigenvalue weighted by atomic mass is 32.2. The molecule has 1 aliphatic carbocycles. The Labute approximate surface area is 257 Å². The summed E-state index contributed by atoms with van der Waals surface area (Å²) in [5, 5.41) is 34.6. The zero-order chi connectivity index (χ0) is 32.0. The molecule has 0 aliphatic heterocycles. The molecule has 0 amide bonds. The summed E-state index contributed by atoms with van der Waals surface area (Å²) in [4.78, 5) is 65.9. The van der Waals surface area contributed by atoms with E-state index in [1.54, 1.807) is 42.5 Å². The van der Waals surface area contributed by atoms with Gasteiger partial charge in [-0.15, -0.1) is 4.33 Å². The molecule has 224 valence electrons. The molecule has 0 bridgehead atoms. The summed E-state index contributed by atoms with van der Waals surface area (Å²) >= 11 is 0.644. The van der Waals surface area contributed by atoms with Gasteiger partial charge in [0.15, 0.2) is 11.6 Å². The maximum Gasteiger partial charge on any atom is 0.335 e. The Hall–Kier alpha value is -5.60. The number of carbonyl (C=O) groups is 4. The smallest absolute Gasteiger partial charge is 0.335 e. The van der Waals surface area contributed by atoms with Crippen LogP contribution in [0.2, 0.25) is 0 Å². The van der Waals surface area contributed by atoms with Gasteiger partial charge in [0.05, 0.1) is 45.5 Å². The molecule has 12 nitrogen and oxygen atoms in total. The van der Waals surface area contributed by atoms with Crippen LogP contribution in [0.25, 0.3) is 22.0 Å². The lowest BCUT2D eigenvalue weighted by atomic mass is 9.80. The number of carbonyl (C=O) groups excluding carboxylic acids is 2. The Bertz CT molecular complexity index is 2140. The fourth-order valence-corrected chi connectivity index (χ4v) is 5.90. The molecule has 45 heavy (non-hydrogen) atoms. The molecule has 5 aromatic rings. The van der Waals surface area contributed by atoms with E-state index in [2.05, 4.69) is 14.7 Å². The van der Waals surface area contributed by atoms with Crippen molar-refractivity contribution in [2.75, 3.05) is 5.32 Å². The van der Waals surface area contributed by atoms with E-state index < -0.39 is 29.1 Å². The number of hydrogen-bond donors (Lipinski definition) is 4. The Morgan fingerprint density at radius 2 is 1.49 bits per heavy atom. The second-order valence-electron chi connectivity index (χ2n) is 9.99. The number of benzene rings is 4. The van der Waals surface area contributed by atoms with E-state index in [0.717, 1.165) is 6.07 Å². The van der Waals surface area contributed by atoms with Crippen LogP contribution in [0, 0.1) is 0 Å². The van der Waals surface area contributed by atoms with Gasteiger partial charge in [-0.05, 0) is 48.0 Å². The lowest BCUT2D eigenvalue weighted by molar-refractivity contribution is -0.432. The van der Waals surface area contributed by atoms with Crippen molar-refractivity contribution in [2.45, 2.75) is 4.90 Å². The Morgan fingerprint density at radius 1 is 0.800 bits per heavy atom. The van der Waals surface area contributed by atoms with E-state index in [1.165, 1.54) is 41.9 Å². The SMILES string of the molecule is Cn1c(=O)c(C(=O)c2cccc(SOOO)c2)c2c3c(c(Nc4cc(C(=O)O)cc(C(=O)O)c4)ccc31)C(=O)c1ccccc1-2. The summed E-state index contributed by atoms with van der Waals surface area (Å²) in [5.74, 6) is -3.74. The lowest BCUT2D eigenvalue weighted by Gasteiger charge is -2.25. The third-order valence-electron chi connectivity index (χ3n) is 7.42. The summed E-state index contributed by atoms with van der Waals surface area (Å²) in [6, 6.07) is 19.3. The number of hydrogen-bond acceptors (Lipinski definition) is 10. The predicted molar refractivity (Wildman–Crippen MR) is 162 cm³/mol. The number of aromatic carboxylic acids is 2. The van der Waals surface area contributed by atoms with Crippen molar-refractivity contribution in [3.63, 3.8) is 0 Å². The van der Waals surface area contributed by atoms with E-state index in [0.29, 0.717) is 33.4 Å². The molecule has 0 radical (unpaired) electrons. The number of carboxylic acids is 2. The summed E-state index contributed by atoms with van der Waals surface area (Å²) in [7, 11) is 1.48. The molecule has 4 N–H and O–H groups in total. The minimum Gasteiger partial charge on any atom is -0.478 e. The topological polar surface area (TPSA) is 181 Å². The first kappa shape index (κ1) is 29.5. The number of rotatable bonds is 9. The van der Waals surface area contributed by atoms with Crippen LogP contribution in [0.15, 0.2) is 88.6 Å². The fourth-order valence-electron chi connectivity index (χ4n) is 5.48. The van der Waals surface area contributed by atoms with Crippen molar-refractivity contribution in [3.05, 3.63) is 123 Å². The maximum atomic E-state index is 14.1. The average Bonchev–Trinajstić information content (AvgIpc) is 3.04. The first-order chi connectivity index (χ1) is 21.6. The van der Waals surface area contributed by atoms with Crippen molar-refractivity contribution in [2.24, 2.45) is 7.05 Å². The van der Waals surface area contributed by atoms with Gasteiger partial charge in [-0.25, -0.2) is 14.8 Å². The zero-order valence-corrected chi connectivity index (χ0v) is 23.9. The third-order valence-corrected chi connectivity index (χ3v) is 8.00. The quantitative estimate of drug-likeness (QED) is 0.0682. The van der Waals surface area contributed by atoms with Gasteiger partial charge >= 0.3 is 11.9 Å². The summed E-state index contributed by atoms with van der Waals surface area (Å²) in [5.41, 5.74) is 0.396. The molecular formula is C32H20N2O10S. The van der Waals surface area contributed by atoms with Crippen LogP contribution in [0.1, 0.15) is 52.6 Å². The summed E-state index contributed by atoms with van der Waals surface area (Å²) < 4.78 is 5.75. The van der Waals surface area contributed by atoms with Crippen LogP contribution in [0.5, 0.6) is 0 Å². The van der Waals surface area contributed by atoms with Crippen molar-refractivity contribution in [3.8, 4) is 11.1 Å². The molecule has 0 spiro atoms. The second-order valence-corrected chi connectivity index (χ2v) is 10.8. The Balaban J connectivity index is 1.63. The molecular weight excluding hydrogens is 604 g/mol. The molecule has 0 saturated carbocycles. The predicted octanol–water partition coefficient (Wildman–Crippen LogP) is 5.55. The van der Waals surface area contributed by atoms with Crippen LogP contribution >= 0.6 is 12.0 Å². The van der Waals surface area contributed by atoms with E-state index in [-0.39, 0.29) is 50.3 Å². The molecule has 0 atom stereocenters. The first-order valence-electron chi connectivity index (χ1n) is 13.1. The number of fused-ring (bicyclic) bond motifs is 2. The standard InChI is InChI=1S/C32H20N2O10S/c1-34-23-10-9-22(33-18-12-16(31(38)39)11-17(13-18)32(40)41)25-26(23)24(20-7-2-3-8-21(20)29(25)36)27(30(34)37)28(35)15-5-4-6-19(14-15)45-44-43-42/h2-14,33,42H,1H3,(H,38,39)(H,40,41). The fraction of sp³-hybridized carbons (Fsp3) is 0.0312. The number of aryl methyl sites for hydroxylation is 1. The number of anilines is 2. The zero-order valence-electron chi connectivity index (χ0n) is 23.1. The number of pyridine rings is 1. The van der Waals surface area contributed by atoms with Crippen molar-refractivity contribution in [1.29, 1.82) is 0 Å². The van der Waals surface area contributed by atoms with Gasteiger partial charge in [0.1, 0.15) is 0 Å². The number of ketones is 2. The number of carboxylic acid groups (broad SMARTS) is 2.